The summed E-state index contributed by atoms with van der Waals surface area (Å²) in [4.78, 5) is 27.1. The van der Waals surface area contributed by atoms with Crippen LogP contribution >= 0.6 is 0 Å². The zero-order chi connectivity index (χ0) is 16.4. The van der Waals surface area contributed by atoms with E-state index >= 15 is 0 Å². The van der Waals surface area contributed by atoms with Crippen molar-refractivity contribution in [1.82, 2.24) is 15.1 Å². The van der Waals surface area contributed by atoms with Crippen LogP contribution < -0.4 is 5.32 Å². The number of aliphatic carboxylic acids is 1. The Kier molecular flexibility index (Phi) is 4.80. The van der Waals surface area contributed by atoms with Gasteiger partial charge in [-0.1, -0.05) is 26.2 Å². The molecule has 23 heavy (non-hydrogen) atoms. The number of carboxylic acids is 1. The highest BCUT2D eigenvalue weighted by Gasteiger charge is 2.46. The summed E-state index contributed by atoms with van der Waals surface area (Å²) in [5, 5.41) is 12.0. The summed E-state index contributed by atoms with van der Waals surface area (Å²) < 4.78 is 0. The van der Waals surface area contributed by atoms with Crippen LogP contribution in [-0.4, -0.2) is 65.2 Å². The summed E-state index contributed by atoms with van der Waals surface area (Å²) in [5.74, 6) is -0.780. The van der Waals surface area contributed by atoms with Gasteiger partial charge in [0.25, 0.3) is 0 Å². The lowest BCUT2D eigenvalue weighted by Gasteiger charge is -2.53. The summed E-state index contributed by atoms with van der Waals surface area (Å²) in [7, 11) is 0. The van der Waals surface area contributed by atoms with E-state index in [0.717, 1.165) is 32.5 Å². The van der Waals surface area contributed by atoms with Gasteiger partial charge in [-0.2, -0.15) is 0 Å². The first kappa shape index (κ1) is 16.6. The summed E-state index contributed by atoms with van der Waals surface area (Å²) in [6, 6.07) is 0.576. The zero-order valence-corrected chi connectivity index (χ0v) is 14.1. The zero-order valence-electron chi connectivity index (χ0n) is 14.1. The molecule has 2 N–H and O–H groups in total. The molecule has 6 nitrogen and oxygen atoms in total. The largest absolute Gasteiger partial charge is 0.480 e. The van der Waals surface area contributed by atoms with Crippen molar-refractivity contribution < 1.29 is 14.7 Å². The normalized spacial score (nSPS) is 29.0. The predicted molar refractivity (Wildman–Crippen MR) is 87.3 cm³/mol. The number of nitrogens with one attached hydrogen (secondary N) is 1. The molecule has 130 valence electrons. The lowest BCUT2D eigenvalue weighted by Crippen LogP contribution is -2.64. The monoisotopic (exact) mass is 323 g/mol. The Balaban J connectivity index is 1.37. The van der Waals surface area contributed by atoms with E-state index < -0.39 is 5.97 Å². The van der Waals surface area contributed by atoms with E-state index in [1.807, 2.05) is 16.7 Å². The number of likely N-dealkylation sites (tertiary alicyclic amines) is 1. The molecule has 3 aliphatic rings. The number of likely N-dealkylation sites (N-methyl/N-ethyl adjacent to an activating group) is 1. The number of amides is 2. The van der Waals surface area contributed by atoms with Gasteiger partial charge in [-0.15, -0.1) is 0 Å². The number of hydrogen-bond donors (Lipinski definition) is 2. The van der Waals surface area contributed by atoms with Crippen molar-refractivity contribution >= 4 is 12.0 Å². The average molecular weight is 323 g/mol. The molecule has 3 rings (SSSR count). The smallest absolute Gasteiger partial charge is 0.317 e. The molecule has 0 radical (unpaired) electrons. The van der Waals surface area contributed by atoms with Crippen LogP contribution in [0.4, 0.5) is 4.79 Å². The van der Waals surface area contributed by atoms with E-state index in [9.17, 15) is 9.59 Å². The molecular weight excluding hydrogens is 294 g/mol. The van der Waals surface area contributed by atoms with Crippen LogP contribution in [0.2, 0.25) is 0 Å². The third kappa shape index (κ3) is 3.62. The Labute approximate surface area is 138 Å². The second-order valence-electron chi connectivity index (χ2n) is 7.65. The van der Waals surface area contributed by atoms with Gasteiger partial charge in [-0.25, -0.2) is 4.79 Å². The maximum atomic E-state index is 12.3. The van der Waals surface area contributed by atoms with Crippen molar-refractivity contribution in [2.45, 2.75) is 64.0 Å². The number of carbonyl (C=O) groups is 2. The minimum Gasteiger partial charge on any atom is -0.480 e. The van der Waals surface area contributed by atoms with Crippen LogP contribution in [0.15, 0.2) is 0 Å². The van der Waals surface area contributed by atoms with Gasteiger partial charge in [-0.05, 0) is 32.2 Å². The highest BCUT2D eigenvalue weighted by molar-refractivity contribution is 5.75. The van der Waals surface area contributed by atoms with Crippen LogP contribution in [0.5, 0.6) is 0 Å². The fraction of sp³-hybridized carbons (Fsp3) is 0.882. The number of rotatable bonds is 5. The molecule has 0 aromatic carbocycles. The molecule has 1 spiro atoms. The Morgan fingerprint density at radius 3 is 2.43 bits per heavy atom. The number of hydrogen-bond acceptors (Lipinski definition) is 3. The second-order valence-corrected chi connectivity index (χ2v) is 7.65. The van der Waals surface area contributed by atoms with E-state index in [1.54, 1.807) is 0 Å². The topological polar surface area (TPSA) is 72.9 Å². The van der Waals surface area contributed by atoms with Crippen LogP contribution in [0.3, 0.4) is 0 Å². The average Bonchev–Trinajstić information content (AvgIpc) is 2.46. The predicted octanol–water partition coefficient (Wildman–Crippen LogP) is 1.90. The van der Waals surface area contributed by atoms with E-state index in [2.05, 4.69) is 5.32 Å². The maximum Gasteiger partial charge on any atom is 0.317 e. The SMILES string of the molecule is CCN(CC(=O)O)C1CC(NC(=O)N2CC3(CCCCC3)C2)C1. The van der Waals surface area contributed by atoms with E-state index in [1.165, 1.54) is 32.1 Å². The quantitative estimate of drug-likeness (QED) is 0.810. The minimum absolute atomic E-state index is 0.0749. The molecule has 1 heterocycles. The number of urea groups is 1. The van der Waals surface area contributed by atoms with Crippen molar-refractivity contribution in [1.29, 1.82) is 0 Å². The molecule has 6 heteroatoms. The number of carbonyl (C=O) groups excluding carboxylic acids is 1. The van der Waals surface area contributed by atoms with Gasteiger partial charge in [0.1, 0.15) is 0 Å². The summed E-state index contributed by atoms with van der Waals surface area (Å²) in [6.45, 7) is 4.67. The van der Waals surface area contributed by atoms with Crippen molar-refractivity contribution in [2.24, 2.45) is 5.41 Å². The molecule has 2 amide bonds. The third-order valence-corrected chi connectivity index (χ3v) is 5.96. The molecule has 0 bridgehead atoms. The Morgan fingerprint density at radius 2 is 1.87 bits per heavy atom. The second kappa shape index (κ2) is 6.67. The van der Waals surface area contributed by atoms with E-state index in [0.29, 0.717) is 11.5 Å². The lowest BCUT2D eigenvalue weighted by molar-refractivity contribution is -0.139. The van der Waals surface area contributed by atoms with Crippen LogP contribution in [0, 0.1) is 5.41 Å². The molecule has 2 aliphatic carbocycles. The molecule has 1 saturated heterocycles. The molecule has 2 saturated carbocycles. The molecule has 1 aliphatic heterocycles. The van der Waals surface area contributed by atoms with Crippen LogP contribution in [0.25, 0.3) is 0 Å². The number of nitrogens with zero attached hydrogens (tertiary/aromatic N) is 2. The van der Waals surface area contributed by atoms with Gasteiger partial charge in [0.15, 0.2) is 0 Å². The molecule has 3 fully saturated rings. The summed E-state index contributed by atoms with van der Waals surface area (Å²) >= 11 is 0. The van der Waals surface area contributed by atoms with E-state index in [4.69, 9.17) is 5.11 Å². The lowest BCUT2D eigenvalue weighted by atomic mass is 9.69. The third-order valence-electron chi connectivity index (χ3n) is 5.96. The molecule has 0 atom stereocenters. The molecule has 0 aromatic heterocycles. The first-order valence-electron chi connectivity index (χ1n) is 9.03. The standard InChI is InChI=1S/C17H29N3O3/c1-2-19(10-15(21)22)14-8-13(9-14)18-16(23)20-11-17(12-20)6-4-3-5-7-17/h13-14H,2-12H2,1H3,(H,18,23)(H,21,22). The molecule has 0 unspecified atom stereocenters. The van der Waals surface area contributed by atoms with Gasteiger partial charge in [0.2, 0.25) is 0 Å². The number of carboxylic acid groups (broad SMARTS) is 1. The van der Waals surface area contributed by atoms with E-state index in [-0.39, 0.29) is 18.6 Å². The Bertz CT molecular complexity index is 448. The Hall–Kier alpha value is -1.30. The van der Waals surface area contributed by atoms with Crippen LogP contribution in [0.1, 0.15) is 51.9 Å². The Morgan fingerprint density at radius 1 is 1.22 bits per heavy atom. The van der Waals surface area contributed by atoms with Crippen molar-refractivity contribution in [3.8, 4) is 0 Å². The molecular formula is C17H29N3O3. The first-order valence-corrected chi connectivity index (χ1v) is 9.03. The van der Waals surface area contributed by atoms with Gasteiger partial charge in [-0.3, -0.25) is 9.69 Å². The highest BCUT2D eigenvalue weighted by atomic mass is 16.4. The first-order chi connectivity index (χ1) is 11.0. The van der Waals surface area contributed by atoms with Gasteiger partial charge >= 0.3 is 12.0 Å². The van der Waals surface area contributed by atoms with Crippen molar-refractivity contribution in [3.05, 3.63) is 0 Å². The van der Waals surface area contributed by atoms with Gasteiger partial charge < -0.3 is 15.3 Å². The fourth-order valence-corrected chi connectivity index (χ4v) is 4.47. The highest BCUT2D eigenvalue weighted by Crippen LogP contribution is 2.43. The van der Waals surface area contributed by atoms with Gasteiger partial charge in [0.05, 0.1) is 6.54 Å². The van der Waals surface area contributed by atoms with Crippen LogP contribution in [-0.2, 0) is 4.79 Å². The molecule has 0 aromatic rings. The fourth-order valence-electron chi connectivity index (χ4n) is 4.47. The summed E-state index contributed by atoms with van der Waals surface area (Å²) in [5.41, 5.74) is 0.429. The maximum absolute atomic E-state index is 12.3. The minimum atomic E-state index is -0.780. The van der Waals surface area contributed by atoms with Gasteiger partial charge in [0, 0.05) is 30.6 Å². The van der Waals surface area contributed by atoms with Crippen molar-refractivity contribution in [3.63, 3.8) is 0 Å². The van der Waals surface area contributed by atoms with Crippen molar-refractivity contribution in [2.75, 3.05) is 26.2 Å². The summed E-state index contributed by atoms with van der Waals surface area (Å²) in [6.07, 6.45) is 8.28.